The fourth-order valence-electron chi connectivity index (χ4n) is 5.49. The van der Waals surface area contributed by atoms with Crippen LogP contribution in [0.5, 0.6) is 11.5 Å². The molecule has 8 heteroatoms. The van der Waals surface area contributed by atoms with Gasteiger partial charge in [0.15, 0.2) is 0 Å². The maximum absolute atomic E-state index is 14.8. The number of hydrogen-bond donors (Lipinski definition) is 1. The van der Waals surface area contributed by atoms with Gasteiger partial charge in [-0.25, -0.2) is 9.38 Å². The Kier molecular flexibility index (Phi) is 7.34. The highest BCUT2D eigenvalue weighted by Crippen LogP contribution is 2.44. The molecule has 1 unspecified atom stereocenters. The lowest BCUT2D eigenvalue weighted by Gasteiger charge is -2.34. The van der Waals surface area contributed by atoms with Crippen LogP contribution < -0.4 is 14.4 Å². The molecule has 3 aromatic rings. The zero-order valence-corrected chi connectivity index (χ0v) is 23.2. The van der Waals surface area contributed by atoms with Crippen molar-refractivity contribution in [2.45, 2.75) is 26.2 Å². The SMILES string of the molecule is C=C1N=C(c2ccc(C)nc2)N(c2c(OC)cccc2OC)C(O)=C1C(=C)N1CCC(c2c(C)cccc2F)C1. The van der Waals surface area contributed by atoms with Gasteiger partial charge in [0.1, 0.15) is 28.8 Å². The van der Waals surface area contributed by atoms with Crippen LogP contribution in [-0.4, -0.2) is 48.1 Å². The molecule has 1 N–H and O–H groups in total. The molecule has 3 heterocycles. The van der Waals surface area contributed by atoms with Crippen molar-refractivity contribution in [2.24, 2.45) is 4.99 Å². The smallest absolute Gasteiger partial charge is 0.209 e. The van der Waals surface area contributed by atoms with Crippen LogP contribution in [0.25, 0.3) is 0 Å². The molecule has 0 radical (unpaired) electrons. The number of likely N-dealkylation sites (tertiary alicyclic amines) is 1. The summed E-state index contributed by atoms with van der Waals surface area (Å²) in [6.07, 6.45) is 2.46. The lowest BCUT2D eigenvalue weighted by molar-refractivity contribution is 0.370. The summed E-state index contributed by atoms with van der Waals surface area (Å²) in [5.74, 6) is 1.06. The first-order valence-electron chi connectivity index (χ1n) is 13.1. The van der Waals surface area contributed by atoms with Crippen LogP contribution in [0.3, 0.4) is 0 Å². The molecule has 5 rings (SSSR count). The number of para-hydroxylation sites is 1. The fourth-order valence-corrected chi connectivity index (χ4v) is 5.49. The van der Waals surface area contributed by atoms with Crippen LogP contribution in [0.2, 0.25) is 0 Å². The maximum Gasteiger partial charge on any atom is 0.209 e. The number of nitrogens with zero attached hydrogens (tertiary/aromatic N) is 4. The number of amidine groups is 1. The van der Waals surface area contributed by atoms with E-state index in [0.29, 0.717) is 58.6 Å². The Morgan fingerprint density at radius 2 is 1.75 bits per heavy atom. The van der Waals surface area contributed by atoms with Gasteiger partial charge in [-0.15, -0.1) is 0 Å². The number of rotatable bonds is 7. The van der Waals surface area contributed by atoms with Crippen molar-refractivity contribution in [1.82, 2.24) is 9.88 Å². The third-order valence-corrected chi connectivity index (χ3v) is 7.51. The average Bonchev–Trinajstić information content (AvgIpc) is 3.42. The number of aliphatic imine (C=N–C) groups is 1. The van der Waals surface area contributed by atoms with E-state index in [1.807, 2.05) is 38.1 Å². The molecule has 0 bridgehead atoms. The van der Waals surface area contributed by atoms with Gasteiger partial charge in [-0.2, -0.15) is 0 Å². The molecule has 7 nitrogen and oxygen atoms in total. The number of halogens is 1. The summed E-state index contributed by atoms with van der Waals surface area (Å²) in [6, 6.07) is 14.3. The molecular weight excluding hydrogens is 507 g/mol. The molecule has 1 atom stereocenters. The fraction of sp³-hybridized carbons (Fsp3) is 0.250. The molecule has 0 amide bonds. The zero-order valence-electron chi connectivity index (χ0n) is 23.2. The molecule has 1 fully saturated rings. The number of anilines is 1. The Balaban J connectivity index is 1.58. The minimum atomic E-state index is -0.197. The number of ether oxygens (including phenoxy) is 2. The van der Waals surface area contributed by atoms with E-state index in [4.69, 9.17) is 14.5 Å². The highest BCUT2D eigenvalue weighted by atomic mass is 19.1. The molecule has 2 aliphatic rings. The van der Waals surface area contributed by atoms with Gasteiger partial charge in [0.2, 0.25) is 5.88 Å². The van der Waals surface area contributed by atoms with Crippen LogP contribution in [-0.2, 0) is 0 Å². The number of aryl methyl sites for hydroxylation is 2. The van der Waals surface area contributed by atoms with Crippen molar-refractivity contribution in [3.05, 3.63) is 119 Å². The lowest BCUT2D eigenvalue weighted by Crippen LogP contribution is -2.37. The van der Waals surface area contributed by atoms with Crippen LogP contribution in [0, 0.1) is 19.7 Å². The van der Waals surface area contributed by atoms with Gasteiger partial charge >= 0.3 is 0 Å². The van der Waals surface area contributed by atoms with Gasteiger partial charge in [0, 0.05) is 42.2 Å². The predicted molar refractivity (Wildman–Crippen MR) is 156 cm³/mol. The van der Waals surface area contributed by atoms with E-state index in [2.05, 4.69) is 23.0 Å². The summed E-state index contributed by atoms with van der Waals surface area (Å²) >= 11 is 0. The second kappa shape index (κ2) is 10.9. The summed E-state index contributed by atoms with van der Waals surface area (Å²) in [4.78, 5) is 12.9. The molecule has 2 aromatic carbocycles. The molecule has 1 saturated heterocycles. The van der Waals surface area contributed by atoms with Crippen molar-refractivity contribution < 1.29 is 19.0 Å². The van der Waals surface area contributed by atoms with Gasteiger partial charge in [0.05, 0.1) is 25.5 Å². The van der Waals surface area contributed by atoms with Gasteiger partial charge < -0.3 is 19.5 Å². The Morgan fingerprint density at radius 3 is 2.38 bits per heavy atom. The monoisotopic (exact) mass is 540 g/mol. The third-order valence-electron chi connectivity index (χ3n) is 7.51. The van der Waals surface area contributed by atoms with Crippen molar-refractivity contribution in [3.63, 3.8) is 0 Å². The number of hydrogen-bond acceptors (Lipinski definition) is 7. The number of benzene rings is 2. The van der Waals surface area contributed by atoms with Crippen LogP contribution >= 0.6 is 0 Å². The maximum atomic E-state index is 14.8. The second-order valence-corrected chi connectivity index (χ2v) is 9.96. The number of pyridine rings is 1. The molecular formula is C32H33FN4O3. The van der Waals surface area contributed by atoms with Crippen molar-refractivity contribution in [1.29, 1.82) is 0 Å². The van der Waals surface area contributed by atoms with E-state index in [1.54, 1.807) is 43.5 Å². The summed E-state index contributed by atoms with van der Waals surface area (Å²) in [6.45, 7) is 13.6. The molecule has 0 spiro atoms. The van der Waals surface area contributed by atoms with Crippen molar-refractivity contribution >= 4 is 11.5 Å². The number of methoxy groups -OCH3 is 2. The summed E-state index contributed by atoms with van der Waals surface area (Å²) in [5, 5.41) is 12.0. The van der Waals surface area contributed by atoms with E-state index in [0.717, 1.165) is 23.2 Å². The van der Waals surface area contributed by atoms with Gasteiger partial charge in [-0.3, -0.25) is 9.88 Å². The largest absolute Gasteiger partial charge is 0.494 e. The summed E-state index contributed by atoms with van der Waals surface area (Å²) in [5.41, 5.74) is 4.96. The van der Waals surface area contributed by atoms with E-state index in [-0.39, 0.29) is 17.6 Å². The van der Waals surface area contributed by atoms with Crippen LogP contribution in [0.4, 0.5) is 10.1 Å². The second-order valence-electron chi connectivity index (χ2n) is 9.96. The number of aromatic nitrogens is 1. The molecule has 206 valence electrons. The predicted octanol–water partition coefficient (Wildman–Crippen LogP) is 6.41. The lowest BCUT2D eigenvalue weighted by atomic mass is 9.93. The summed E-state index contributed by atoms with van der Waals surface area (Å²) < 4.78 is 26.1. The normalized spacial score (nSPS) is 17.3. The first kappa shape index (κ1) is 27.0. The van der Waals surface area contributed by atoms with Gasteiger partial charge in [-0.05, 0) is 61.7 Å². The topological polar surface area (TPSA) is 70.4 Å². The van der Waals surface area contributed by atoms with Crippen LogP contribution in [0.1, 0.15) is 34.7 Å². The third kappa shape index (κ3) is 4.70. The molecule has 1 aromatic heterocycles. The quantitative estimate of drug-likeness (QED) is 0.374. The zero-order chi connectivity index (χ0) is 28.6. The van der Waals surface area contributed by atoms with E-state index in [9.17, 15) is 9.50 Å². The van der Waals surface area contributed by atoms with E-state index >= 15 is 0 Å². The number of aliphatic hydroxyl groups is 1. The Hall–Kier alpha value is -4.59. The minimum Gasteiger partial charge on any atom is -0.494 e. The number of aliphatic hydroxyl groups excluding tert-OH is 1. The molecule has 2 aliphatic heterocycles. The standard InChI is InChI=1S/C32H33FN4O3/c1-19-9-7-10-25(33)28(19)24-15-16-36(18-24)22(4)29-21(3)35-31(23-14-13-20(2)34-17-23)37(32(29)38)30-26(39-5)11-8-12-27(30)40-6/h7-14,17,24,38H,3-4,15-16,18H2,1-2,5-6H3. The first-order valence-corrected chi connectivity index (χ1v) is 13.1. The highest BCUT2D eigenvalue weighted by molar-refractivity contribution is 6.14. The Bertz CT molecular complexity index is 1500. The van der Waals surface area contributed by atoms with Crippen LogP contribution in [0.15, 0.2) is 95.7 Å². The van der Waals surface area contributed by atoms with E-state index < -0.39 is 0 Å². The minimum absolute atomic E-state index is 0.000609. The summed E-state index contributed by atoms with van der Waals surface area (Å²) in [7, 11) is 3.11. The van der Waals surface area contributed by atoms with Crippen molar-refractivity contribution in [3.8, 4) is 11.5 Å². The Labute approximate surface area is 234 Å². The highest BCUT2D eigenvalue weighted by Gasteiger charge is 2.36. The molecule has 40 heavy (non-hydrogen) atoms. The first-order chi connectivity index (χ1) is 19.2. The molecule has 0 saturated carbocycles. The van der Waals surface area contributed by atoms with Gasteiger partial charge in [-0.1, -0.05) is 31.4 Å². The van der Waals surface area contributed by atoms with E-state index in [1.165, 1.54) is 6.07 Å². The van der Waals surface area contributed by atoms with Crippen molar-refractivity contribution in [2.75, 3.05) is 32.2 Å². The molecule has 0 aliphatic carbocycles. The van der Waals surface area contributed by atoms with Gasteiger partial charge in [0.25, 0.3) is 0 Å². The Morgan fingerprint density at radius 1 is 1.05 bits per heavy atom. The average molecular weight is 541 g/mol.